The molecule has 0 aliphatic carbocycles. The third-order valence-electron chi connectivity index (χ3n) is 1.54. The molecule has 0 aliphatic rings. The van der Waals surface area contributed by atoms with E-state index in [2.05, 4.69) is 5.10 Å². The van der Waals surface area contributed by atoms with Gasteiger partial charge in [0.05, 0.1) is 11.5 Å². The van der Waals surface area contributed by atoms with Crippen molar-refractivity contribution in [2.24, 2.45) is 7.05 Å². The van der Waals surface area contributed by atoms with Crippen molar-refractivity contribution in [2.75, 3.05) is 19.1 Å². The van der Waals surface area contributed by atoms with Crippen LogP contribution in [-0.4, -0.2) is 23.1 Å². The summed E-state index contributed by atoms with van der Waals surface area (Å²) in [5.41, 5.74) is 5.62. The normalized spacial score (nSPS) is 11.9. The molecule has 1 rings (SSSR count). The third-order valence-corrected chi connectivity index (χ3v) is 3.05. The SMILES string of the molecule is Cn1ncc(P(C)(C)=O)c1N. The first-order valence-corrected chi connectivity index (χ1v) is 5.86. The summed E-state index contributed by atoms with van der Waals surface area (Å²) in [6, 6.07) is 0. The summed E-state index contributed by atoms with van der Waals surface area (Å²) >= 11 is 0. The smallest absolute Gasteiger partial charge is 0.132 e. The van der Waals surface area contributed by atoms with Crippen LogP contribution in [0.3, 0.4) is 0 Å². The van der Waals surface area contributed by atoms with Crippen LogP contribution in [0, 0.1) is 0 Å². The molecule has 0 aliphatic heterocycles. The van der Waals surface area contributed by atoms with Crippen molar-refractivity contribution < 1.29 is 4.57 Å². The third kappa shape index (κ3) is 1.46. The van der Waals surface area contributed by atoms with Crippen LogP contribution in [0.15, 0.2) is 6.20 Å². The van der Waals surface area contributed by atoms with E-state index in [1.165, 1.54) is 4.68 Å². The van der Waals surface area contributed by atoms with Gasteiger partial charge in [-0.15, -0.1) is 0 Å². The highest BCUT2D eigenvalue weighted by atomic mass is 31.2. The van der Waals surface area contributed by atoms with Gasteiger partial charge in [-0.1, -0.05) is 0 Å². The largest absolute Gasteiger partial charge is 0.383 e. The van der Waals surface area contributed by atoms with Gasteiger partial charge in [-0.2, -0.15) is 5.10 Å². The van der Waals surface area contributed by atoms with Crippen LogP contribution in [0.5, 0.6) is 0 Å². The molecular weight excluding hydrogens is 161 g/mol. The van der Waals surface area contributed by atoms with Crippen LogP contribution in [-0.2, 0) is 11.6 Å². The maximum absolute atomic E-state index is 11.5. The molecular formula is C6H12N3OP. The van der Waals surface area contributed by atoms with E-state index in [-0.39, 0.29) is 0 Å². The summed E-state index contributed by atoms with van der Waals surface area (Å²) in [6.07, 6.45) is 1.57. The molecule has 0 aromatic carbocycles. The van der Waals surface area contributed by atoms with E-state index >= 15 is 0 Å². The first-order valence-electron chi connectivity index (χ1n) is 3.26. The standard InChI is InChI=1S/C6H12N3OP/c1-9-6(7)5(4-8-9)11(2,3)10/h4H,7H2,1-3H3. The average molecular weight is 173 g/mol. The molecule has 0 fully saturated rings. The van der Waals surface area contributed by atoms with Crippen LogP contribution in [0.1, 0.15) is 0 Å². The van der Waals surface area contributed by atoms with E-state index in [0.29, 0.717) is 11.1 Å². The van der Waals surface area contributed by atoms with Gasteiger partial charge < -0.3 is 10.3 Å². The van der Waals surface area contributed by atoms with Crippen molar-refractivity contribution in [3.8, 4) is 0 Å². The summed E-state index contributed by atoms with van der Waals surface area (Å²) in [7, 11) is -0.513. The topological polar surface area (TPSA) is 60.9 Å². The maximum Gasteiger partial charge on any atom is 0.132 e. The highest BCUT2D eigenvalue weighted by Gasteiger charge is 2.17. The molecule has 0 saturated heterocycles. The van der Waals surface area contributed by atoms with Crippen molar-refractivity contribution in [1.82, 2.24) is 9.78 Å². The highest BCUT2D eigenvalue weighted by Crippen LogP contribution is 2.36. The predicted octanol–water partition coefficient (Wildman–Crippen LogP) is 0.250. The van der Waals surface area contributed by atoms with E-state index in [9.17, 15) is 4.57 Å². The number of nitrogens with two attached hydrogens (primary N) is 1. The predicted molar refractivity (Wildman–Crippen MR) is 46.7 cm³/mol. The van der Waals surface area contributed by atoms with E-state index in [0.717, 1.165) is 0 Å². The molecule has 4 nitrogen and oxygen atoms in total. The van der Waals surface area contributed by atoms with Crippen LogP contribution in [0.2, 0.25) is 0 Å². The van der Waals surface area contributed by atoms with Crippen molar-refractivity contribution in [2.45, 2.75) is 0 Å². The fourth-order valence-electron chi connectivity index (χ4n) is 0.850. The Bertz CT molecular complexity index is 312. The molecule has 0 radical (unpaired) electrons. The molecule has 0 saturated carbocycles. The van der Waals surface area contributed by atoms with Crippen LogP contribution in [0.4, 0.5) is 5.82 Å². The molecule has 0 atom stereocenters. The average Bonchev–Trinajstić information content (AvgIpc) is 2.11. The second-order valence-corrected chi connectivity index (χ2v) is 6.07. The van der Waals surface area contributed by atoms with Gasteiger partial charge in [-0.05, 0) is 13.3 Å². The quantitative estimate of drug-likeness (QED) is 0.619. The highest BCUT2D eigenvalue weighted by molar-refractivity contribution is 7.70. The number of hydrogen-bond donors (Lipinski definition) is 1. The fraction of sp³-hybridized carbons (Fsp3) is 0.500. The fourth-order valence-corrected chi connectivity index (χ4v) is 1.88. The number of aryl methyl sites for hydroxylation is 1. The van der Waals surface area contributed by atoms with Gasteiger partial charge in [0.25, 0.3) is 0 Å². The van der Waals surface area contributed by atoms with Gasteiger partial charge in [0, 0.05) is 7.05 Å². The van der Waals surface area contributed by atoms with E-state index < -0.39 is 7.14 Å². The number of nitrogens with zero attached hydrogens (tertiary/aromatic N) is 2. The second-order valence-electron chi connectivity index (χ2n) is 2.89. The van der Waals surface area contributed by atoms with Crippen molar-refractivity contribution in [3.63, 3.8) is 0 Å². The van der Waals surface area contributed by atoms with Gasteiger partial charge in [-0.3, -0.25) is 4.68 Å². The molecule has 0 bridgehead atoms. The lowest BCUT2D eigenvalue weighted by molar-refractivity contribution is 0.588. The number of anilines is 1. The lowest BCUT2D eigenvalue weighted by Crippen LogP contribution is -2.09. The molecule has 5 heteroatoms. The van der Waals surface area contributed by atoms with Crippen molar-refractivity contribution >= 4 is 18.3 Å². The minimum absolute atomic E-state index is 0.498. The number of nitrogen functional groups attached to an aromatic ring is 1. The van der Waals surface area contributed by atoms with Crippen molar-refractivity contribution in [1.29, 1.82) is 0 Å². The van der Waals surface area contributed by atoms with Gasteiger partial charge in [0.1, 0.15) is 13.0 Å². The number of hydrogen-bond acceptors (Lipinski definition) is 3. The molecule has 1 aromatic heterocycles. The Hall–Kier alpha value is -0.760. The van der Waals surface area contributed by atoms with Gasteiger partial charge in [-0.25, -0.2) is 0 Å². The van der Waals surface area contributed by atoms with Crippen LogP contribution >= 0.6 is 7.14 Å². The molecule has 62 valence electrons. The van der Waals surface area contributed by atoms with Crippen LogP contribution in [0.25, 0.3) is 0 Å². The Morgan fingerprint density at radius 2 is 2.18 bits per heavy atom. The van der Waals surface area contributed by atoms with Crippen molar-refractivity contribution in [3.05, 3.63) is 6.20 Å². The van der Waals surface area contributed by atoms with Gasteiger partial charge >= 0.3 is 0 Å². The van der Waals surface area contributed by atoms with Gasteiger partial charge in [0.15, 0.2) is 0 Å². The second kappa shape index (κ2) is 2.38. The lowest BCUT2D eigenvalue weighted by Gasteiger charge is -2.03. The van der Waals surface area contributed by atoms with Gasteiger partial charge in [0.2, 0.25) is 0 Å². The van der Waals surface area contributed by atoms with Crippen LogP contribution < -0.4 is 11.0 Å². The van der Waals surface area contributed by atoms with E-state index in [4.69, 9.17) is 5.73 Å². The molecule has 11 heavy (non-hydrogen) atoms. The molecule has 1 heterocycles. The summed E-state index contributed by atoms with van der Waals surface area (Å²) in [6.45, 7) is 3.36. The monoisotopic (exact) mass is 173 g/mol. The lowest BCUT2D eigenvalue weighted by atomic mass is 10.6. The zero-order chi connectivity index (χ0) is 8.65. The molecule has 1 aromatic rings. The summed E-state index contributed by atoms with van der Waals surface area (Å²) in [5, 5.41) is 4.57. The first kappa shape index (κ1) is 8.34. The Balaban J connectivity index is 3.26. The number of rotatable bonds is 1. The first-order chi connectivity index (χ1) is 4.93. The Morgan fingerprint density at radius 1 is 1.64 bits per heavy atom. The summed E-state index contributed by atoms with van der Waals surface area (Å²) in [5.74, 6) is 0.498. The minimum Gasteiger partial charge on any atom is -0.383 e. The molecule has 0 unspecified atom stereocenters. The van der Waals surface area contributed by atoms with E-state index in [1.54, 1.807) is 26.6 Å². The molecule has 2 N–H and O–H groups in total. The Kier molecular flexibility index (Phi) is 1.80. The number of aromatic nitrogens is 2. The summed E-state index contributed by atoms with van der Waals surface area (Å²) < 4.78 is 13.0. The Labute approximate surface area is 65.8 Å². The molecule has 0 amide bonds. The van der Waals surface area contributed by atoms with E-state index in [1.807, 2.05) is 0 Å². The minimum atomic E-state index is -2.24. The molecule has 0 spiro atoms. The maximum atomic E-state index is 11.5. The zero-order valence-corrected chi connectivity index (χ0v) is 7.80. The summed E-state index contributed by atoms with van der Waals surface area (Å²) in [4.78, 5) is 0. The Morgan fingerprint density at radius 3 is 2.36 bits per heavy atom. The zero-order valence-electron chi connectivity index (χ0n) is 6.90.